The number of nitrogens with zero attached hydrogens (tertiary/aromatic N) is 2. The zero-order valence-electron chi connectivity index (χ0n) is 12.0. The molecule has 3 nitrogen and oxygen atoms in total. The fourth-order valence-corrected chi connectivity index (χ4v) is 3.68. The van der Waals surface area contributed by atoms with E-state index < -0.39 is 0 Å². The van der Waals surface area contributed by atoms with Gasteiger partial charge >= 0.3 is 0 Å². The fraction of sp³-hybridized carbons (Fsp3) is 0.250. The molecule has 0 unspecified atom stereocenters. The van der Waals surface area contributed by atoms with Crippen molar-refractivity contribution in [1.29, 1.82) is 0 Å². The molecule has 0 aliphatic heterocycles. The largest absolute Gasteiger partial charge is 0.254 e. The number of aromatic amines is 1. The standard InChI is InChI=1S/C16H17N3S2/c1-16(2,12-7-4-3-5-8-12)14-17-15(19-18-14)21-11-13-9-6-10-20-13/h3-10H,11H2,1-2H3,(H,17,18,19). The maximum absolute atomic E-state index is 4.66. The second-order valence-corrected chi connectivity index (χ2v) is 7.32. The number of nitrogens with one attached hydrogen (secondary N) is 1. The number of rotatable bonds is 5. The summed E-state index contributed by atoms with van der Waals surface area (Å²) in [7, 11) is 0. The zero-order chi connectivity index (χ0) is 14.7. The van der Waals surface area contributed by atoms with Crippen molar-refractivity contribution in [3.63, 3.8) is 0 Å². The van der Waals surface area contributed by atoms with Crippen molar-refractivity contribution in [2.75, 3.05) is 0 Å². The quantitative estimate of drug-likeness (QED) is 0.706. The first-order chi connectivity index (χ1) is 10.2. The molecular formula is C16H17N3S2. The van der Waals surface area contributed by atoms with Crippen LogP contribution in [0, 0.1) is 0 Å². The summed E-state index contributed by atoms with van der Waals surface area (Å²) in [5, 5.41) is 10.4. The van der Waals surface area contributed by atoms with Crippen LogP contribution in [0.15, 0.2) is 53.0 Å². The third-order valence-corrected chi connectivity index (χ3v) is 5.42. The number of benzene rings is 1. The number of hydrogen-bond donors (Lipinski definition) is 1. The Bertz CT molecular complexity index is 687. The average Bonchev–Trinajstić information content (AvgIpc) is 3.18. The van der Waals surface area contributed by atoms with Gasteiger partial charge in [0.25, 0.3) is 0 Å². The van der Waals surface area contributed by atoms with Crippen LogP contribution in [-0.4, -0.2) is 15.2 Å². The molecule has 0 aliphatic carbocycles. The zero-order valence-corrected chi connectivity index (χ0v) is 13.7. The molecule has 0 saturated heterocycles. The van der Waals surface area contributed by atoms with E-state index in [0.717, 1.165) is 16.7 Å². The highest BCUT2D eigenvalue weighted by atomic mass is 32.2. The van der Waals surface area contributed by atoms with E-state index in [9.17, 15) is 0 Å². The maximum atomic E-state index is 4.66. The second kappa shape index (κ2) is 6.03. The molecule has 0 saturated carbocycles. The SMILES string of the molecule is CC(C)(c1ccccc1)c1n[nH]c(SCc2cccs2)n1. The summed E-state index contributed by atoms with van der Waals surface area (Å²) in [6, 6.07) is 14.6. The van der Waals surface area contributed by atoms with Crippen LogP contribution in [0.2, 0.25) is 0 Å². The van der Waals surface area contributed by atoms with Gasteiger partial charge in [-0.1, -0.05) is 48.2 Å². The molecule has 108 valence electrons. The smallest absolute Gasteiger partial charge is 0.184 e. The van der Waals surface area contributed by atoms with Crippen LogP contribution in [-0.2, 0) is 11.2 Å². The van der Waals surface area contributed by atoms with Crippen molar-refractivity contribution in [1.82, 2.24) is 15.2 Å². The molecule has 3 aromatic rings. The molecule has 0 atom stereocenters. The summed E-state index contributed by atoms with van der Waals surface area (Å²) < 4.78 is 0. The lowest BCUT2D eigenvalue weighted by atomic mass is 9.84. The summed E-state index contributed by atoms with van der Waals surface area (Å²) in [5.41, 5.74) is 1.03. The average molecular weight is 315 g/mol. The van der Waals surface area contributed by atoms with Crippen LogP contribution < -0.4 is 0 Å². The number of thiophene rings is 1. The first kappa shape index (κ1) is 14.4. The molecule has 0 bridgehead atoms. The van der Waals surface area contributed by atoms with E-state index in [1.165, 1.54) is 10.4 Å². The third-order valence-electron chi connectivity index (χ3n) is 3.45. The van der Waals surface area contributed by atoms with E-state index in [1.54, 1.807) is 23.1 Å². The highest BCUT2D eigenvalue weighted by Gasteiger charge is 2.27. The molecule has 0 aliphatic rings. The number of hydrogen-bond acceptors (Lipinski definition) is 4. The van der Waals surface area contributed by atoms with E-state index in [4.69, 9.17) is 0 Å². The van der Waals surface area contributed by atoms with Crippen molar-refractivity contribution in [2.24, 2.45) is 0 Å². The Morgan fingerprint density at radius 3 is 2.67 bits per heavy atom. The van der Waals surface area contributed by atoms with Gasteiger partial charge in [0.05, 0.1) is 5.41 Å². The molecule has 2 heterocycles. The van der Waals surface area contributed by atoms with Gasteiger partial charge in [-0.25, -0.2) is 4.98 Å². The lowest BCUT2D eigenvalue weighted by Crippen LogP contribution is -2.20. The minimum Gasteiger partial charge on any atom is -0.254 e. The Hall–Kier alpha value is -1.59. The van der Waals surface area contributed by atoms with Gasteiger partial charge in [-0.05, 0) is 30.9 Å². The van der Waals surface area contributed by atoms with Crippen molar-refractivity contribution >= 4 is 23.1 Å². The van der Waals surface area contributed by atoms with Crippen LogP contribution in [0.3, 0.4) is 0 Å². The van der Waals surface area contributed by atoms with Gasteiger partial charge in [-0.3, -0.25) is 5.10 Å². The Labute approximate surface area is 132 Å². The summed E-state index contributed by atoms with van der Waals surface area (Å²) in [6.07, 6.45) is 0. The topological polar surface area (TPSA) is 41.6 Å². The minimum atomic E-state index is -0.195. The predicted octanol–water partition coefficient (Wildman–Crippen LogP) is 4.48. The van der Waals surface area contributed by atoms with Gasteiger partial charge in [0, 0.05) is 10.6 Å². The number of aromatic nitrogens is 3. The molecule has 1 N–H and O–H groups in total. The van der Waals surface area contributed by atoms with E-state index in [-0.39, 0.29) is 5.41 Å². The molecule has 2 aromatic heterocycles. The summed E-state index contributed by atoms with van der Waals surface area (Å²) in [6.45, 7) is 4.30. The van der Waals surface area contributed by atoms with Crippen molar-refractivity contribution in [2.45, 2.75) is 30.2 Å². The fourth-order valence-electron chi connectivity index (χ4n) is 2.11. The van der Waals surface area contributed by atoms with Crippen LogP contribution in [0.1, 0.15) is 30.1 Å². The lowest BCUT2D eigenvalue weighted by Gasteiger charge is -2.21. The molecule has 0 spiro atoms. The first-order valence-electron chi connectivity index (χ1n) is 6.80. The predicted molar refractivity (Wildman–Crippen MR) is 88.8 cm³/mol. The van der Waals surface area contributed by atoms with Gasteiger partial charge in [0.1, 0.15) is 0 Å². The summed E-state index contributed by atoms with van der Waals surface area (Å²) >= 11 is 3.46. The van der Waals surface area contributed by atoms with Crippen molar-refractivity contribution in [3.05, 3.63) is 64.1 Å². The normalized spacial score (nSPS) is 11.7. The molecule has 5 heteroatoms. The van der Waals surface area contributed by atoms with Gasteiger partial charge in [-0.15, -0.1) is 11.3 Å². The Morgan fingerprint density at radius 2 is 1.95 bits per heavy atom. The Balaban J connectivity index is 1.75. The van der Waals surface area contributed by atoms with E-state index in [0.29, 0.717) is 0 Å². The van der Waals surface area contributed by atoms with Gasteiger partial charge < -0.3 is 0 Å². The monoisotopic (exact) mass is 315 g/mol. The van der Waals surface area contributed by atoms with Gasteiger partial charge in [0.2, 0.25) is 0 Å². The van der Waals surface area contributed by atoms with Crippen LogP contribution in [0.4, 0.5) is 0 Å². The molecule has 3 rings (SSSR count). The van der Waals surface area contributed by atoms with Crippen LogP contribution >= 0.6 is 23.1 Å². The Kier molecular flexibility index (Phi) is 4.12. The lowest BCUT2D eigenvalue weighted by molar-refractivity contribution is 0.592. The second-order valence-electron chi connectivity index (χ2n) is 5.32. The Morgan fingerprint density at radius 1 is 1.14 bits per heavy atom. The number of H-pyrrole nitrogens is 1. The highest BCUT2D eigenvalue weighted by Crippen LogP contribution is 2.30. The molecule has 0 fully saturated rings. The van der Waals surface area contributed by atoms with Crippen LogP contribution in [0.5, 0.6) is 0 Å². The maximum Gasteiger partial charge on any atom is 0.184 e. The van der Waals surface area contributed by atoms with Gasteiger partial charge in [0.15, 0.2) is 11.0 Å². The van der Waals surface area contributed by atoms with E-state index in [2.05, 4.69) is 70.8 Å². The first-order valence-corrected chi connectivity index (χ1v) is 8.66. The molecule has 1 aromatic carbocycles. The number of thioether (sulfide) groups is 1. The molecular weight excluding hydrogens is 298 g/mol. The van der Waals surface area contributed by atoms with Gasteiger partial charge in [-0.2, -0.15) is 5.10 Å². The van der Waals surface area contributed by atoms with E-state index in [1.807, 2.05) is 6.07 Å². The minimum absolute atomic E-state index is 0.195. The van der Waals surface area contributed by atoms with E-state index >= 15 is 0 Å². The van der Waals surface area contributed by atoms with Crippen molar-refractivity contribution in [3.8, 4) is 0 Å². The summed E-state index contributed by atoms with van der Waals surface area (Å²) in [5.74, 6) is 1.76. The molecule has 0 radical (unpaired) electrons. The highest BCUT2D eigenvalue weighted by molar-refractivity contribution is 7.98. The molecule has 21 heavy (non-hydrogen) atoms. The third kappa shape index (κ3) is 3.19. The summed E-state index contributed by atoms with van der Waals surface area (Å²) in [4.78, 5) is 6.01. The van der Waals surface area contributed by atoms with Crippen molar-refractivity contribution < 1.29 is 0 Å². The molecule has 0 amide bonds. The van der Waals surface area contributed by atoms with Crippen LogP contribution in [0.25, 0.3) is 0 Å².